The molecule has 0 fully saturated rings. The van der Waals surface area contributed by atoms with Crippen molar-refractivity contribution in [3.05, 3.63) is 35.0 Å². The monoisotopic (exact) mass is 210 g/mol. The second kappa shape index (κ2) is 4.18. The normalized spacial score (nSPS) is 10.7. The molecule has 0 aliphatic rings. The van der Waals surface area contributed by atoms with E-state index >= 15 is 0 Å². The van der Waals surface area contributed by atoms with Gasteiger partial charge in [0, 0.05) is 0 Å². The third kappa shape index (κ3) is 3.85. The van der Waals surface area contributed by atoms with Crippen LogP contribution < -0.4 is 0 Å². The van der Waals surface area contributed by atoms with Crippen LogP contribution in [0.1, 0.15) is 0 Å². The summed E-state index contributed by atoms with van der Waals surface area (Å²) in [6, 6.07) is 0. The van der Waals surface area contributed by atoms with Gasteiger partial charge in [-0.1, -0.05) is 0 Å². The van der Waals surface area contributed by atoms with Gasteiger partial charge in [0.05, 0.1) is 0 Å². The van der Waals surface area contributed by atoms with Crippen LogP contribution in [0.3, 0.4) is 0 Å². The van der Waals surface area contributed by atoms with Crippen LogP contribution in [-0.4, -0.2) is 22.3 Å². The minimum absolute atomic E-state index is 1.20. The summed E-state index contributed by atoms with van der Waals surface area (Å²) in [6.07, 6.45) is 5.51. The molecule has 0 N–H and O–H groups in total. The molecule has 0 unspecified atom stereocenters. The summed E-state index contributed by atoms with van der Waals surface area (Å²) < 4.78 is 1.20. The van der Waals surface area contributed by atoms with Crippen LogP contribution in [0, 0.1) is 0 Å². The first-order valence-corrected chi connectivity index (χ1v) is 3.23. The van der Waals surface area contributed by atoms with Crippen molar-refractivity contribution in [3.63, 3.8) is 0 Å². The van der Waals surface area contributed by atoms with Crippen LogP contribution in [0.5, 0.6) is 0 Å². The van der Waals surface area contributed by atoms with Gasteiger partial charge in [-0.05, 0) is 0 Å². The van der Waals surface area contributed by atoms with Gasteiger partial charge in [0.15, 0.2) is 0 Å². The number of rotatable bonds is 2. The second-order valence-electron chi connectivity index (χ2n) is 1.03. The van der Waals surface area contributed by atoms with Crippen LogP contribution in [0.4, 0.5) is 0 Å². The predicted molar refractivity (Wildman–Crippen MR) is 35.6 cm³/mol. The number of allylic oxidation sites excluding steroid dienone is 4. The molecule has 38 valence electrons. The molecule has 0 bridgehead atoms. The Morgan fingerprint density at radius 1 is 1.43 bits per heavy atom. The van der Waals surface area contributed by atoms with Crippen molar-refractivity contribution in [1.82, 2.24) is 0 Å². The molecule has 0 aromatic carbocycles. The van der Waals surface area contributed by atoms with E-state index in [0.717, 1.165) is 0 Å². The van der Waals surface area contributed by atoms with Crippen molar-refractivity contribution < 1.29 is 0 Å². The molecule has 0 rings (SSSR count). The molecule has 0 saturated carbocycles. The average molecular weight is 208 g/mol. The summed E-state index contributed by atoms with van der Waals surface area (Å²) in [4.78, 5) is 0. The maximum atomic E-state index is 3.58. The predicted octanol–water partition coefficient (Wildman–Crippen LogP) is 1.14. The molecule has 0 aliphatic carbocycles. The van der Waals surface area contributed by atoms with Crippen LogP contribution in [0.25, 0.3) is 0 Å². The van der Waals surface area contributed by atoms with Gasteiger partial charge in [-0.25, -0.2) is 0 Å². The Morgan fingerprint density at radius 3 is 2.14 bits per heavy atom. The van der Waals surface area contributed by atoms with Gasteiger partial charge in [-0.3, -0.25) is 0 Å². The molecule has 0 nitrogen and oxygen atoms in total. The summed E-state index contributed by atoms with van der Waals surface area (Å²) in [5.41, 5.74) is 0. The standard InChI is InChI=1S/C6H8Te/c1-3-5-6(7)4-2/h3-5,7H,1-2H2/b6-5+. The molecule has 0 aliphatic heterocycles. The van der Waals surface area contributed by atoms with Gasteiger partial charge < -0.3 is 0 Å². The molecule has 0 radical (unpaired) electrons. The van der Waals surface area contributed by atoms with Crippen LogP contribution >= 0.6 is 0 Å². The van der Waals surface area contributed by atoms with Crippen molar-refractivity contribution in [1.29, 1.82) is 0 Å². The first-order chi connectivity index (χ1) is 3.31. The average Bonchev–Trinajstić information content (AvgIpc) is 1.68. The van der Waals surface area contributed by atoms with E-state index in [9.17, 15) is 0 Å². The zero-order valence-corrected chi connectivity index (χ0v) is 6.65. The Labute approximate surface area is 57.5 Å². The Kier molecular flexibility index (Phi) is 4.18. The van der Waals surface area contributed by atoms with Gasteiger partial charge in [-0.15, -0.1) is 0 Å². The summed E-state index contributed by atoms with van der Waals surface area (Å²) in [5, 5.41) is 0. The first-order valence-electron chi connectivity index (χ1n) is 1.95. The zero-order valence-electron chi connectivity index (χ0n) is 4.09. The molecule has 0 saturated heterocycles. The van der Waals surface area contributed by atoms with Crippen LogP contribution in [-0.2, 0) is 0 Å². The van der Waals surface area contributed by atoms with Crippen molar-refractivity contribution in [2.75, 3.05) is 0 Å². The molecule has 7 heavy (non-hydrogen) atoms. The van der Waals surface area contributed by atoms with Gasteiger partial charge in [-0.2, -0.15) is 0 Å². The fourth-order valence-corrected chi connectivity index (χ4v) is 0.490. The van der Waals surface area contributed by atoms with E-state index in [-0.39, 0.29) is 0 Å². The van der Waals surface area contributed by atoms with Gasteiger partial charge in [0.25, 0.3) is 0 Å². The Balaban J connectivity index is 3.72. The van der Waals surface area contributed by atoms with E-state index in [1.165, 1.54) is 3.62 Å². The van der Waals surface area contributed by atoms with Crippen molar-refractivity contribution in [2.45, 2.75) is 0 Å². The molecular weight excluding hydrogens is 200 g/mol. The van der Waals surface area contributed by atoms with E-state index in [1.54, 1.807) is 28.4 Å². The maximum absolute atomic E-state index is 3.58. The Hall–Kier alpha value is 0.00961. The van der Waals surface area contributed by atoms with Crippen LogP contribution in [0.2, 0.25) is 0 Å². The van der Waals surface area contributed by atoms with Gasteiger partial charge in [0.1, 0.15) is 0 Å². The molecule has 0 heterocycles. The fourth-order valence-electron chi connectivity index (χ4n) is 0.189. The molecule has 0 aromatic heterocycles. The Morgan fingerprint density at radius 2 is 2.00 bits per heavy atom. The molecule has 0 atom stereocenters. The molecule has 0 amide bonds. The summed E-state index contributed by atoms with van der Waals surface area (Å²) in [5.74, 6) is 0. The molecule has 1 heteroatoms. The van der Waals surface area contributed by atoms with E-state index in [4.69, 9.17) is 0 Å². The third-order valence-corrected chi connectivity index (χ3v) is 1.44. The van der Waals surface area contributed by atoms with Gasteiger partial charge in [0.2, 0.25) is 0 Å². The SMILES string of the molecule is C=C/C=C(/[TeH])C=C. The van der Waals surface area contributed by atoms with E-state index in [0.29, 0.717) is 0 Å². The third-order valence-electron chi connectivity index (χ3n) is 0.498. The molecular formula is C6H8Te. The second-order valence-corrected chi connectivity index (χ2v) is 2.51. The fraction of sp³-hybridized carbons (Fsp3) is 0. The molecule has 0 aromatic rings. The topological polar surface area (TPSA) is 0 Å². The summed E-state index contributed by atoms with van der Waals surface area (Å²) in [7, 11) is 0. The zero-order chi connectivity index (χ0) is 5.70. The number of hydrogen-bond acceptors (Lipinski definition) is 0. The summed E-state index contributed by atoms with van der Waals surface area (Å²) >= 11 is 1.65. The number of hydrogen-bond donors (Lipinski definition) is 0. The van der Waals surface area contributed by atoms with Crippen molar-refractivity contribution in [2.24, 2.45) is 0 Å². The minimum atomic E-state index is 1.20. The van der Waals surface area contributed by atoms with E-state index in [2.05, 4.69) is 13.2 Å². The van der Waals surface area contributed by atoms with Crippen molar-refractivity contribution >= 4 is 22.3 Å². The van der Waals surface area contributed by atoms with E-state index < -0.39 is 0 Å². The summed E-state index contributed by atoms with van der Waals surface area (Å²) in [6.45, 7) is 7.11. The van der Waals surface area contributed by atoms with E-state index in [1.807, 2.05) is 12.2 Å². The first kappa shape index (κ1) is 7.01. The quantitative estimate of drug-likeness (QED) is 0.471. The van der Waals surface area contributed by atoms with Gasteiger partial charge >= 0.3 is 57.3 Å². The van der Waals surface area contributed by atoms with Crippen molar-refractivity contribution in [3.8, 4) is 0 Å². The van der Waals surface area contributed by atoms with Crippen LogP contribution in [0.15, 0.2) is 35.0 Å². The molecule has 0 spiro atoms. The Bertz CT molecular complexity index is 101.